The maximum atomic E-state index is 13.5. The molecule has 0 aromatic heterocycles. The number of hydrogen-bond donors (Lipinski definition) is 1. The van der Waals surface area contributed by atoms with Crippen molar-refractivity contribution < 1.29 is 13.3 Å². The van der Waals surface area contributed by atoms with Gasteiger partial charge in [0, 0.05) is 31.3 Å². The van der Waals surface area contributed by atoms with E-state index in [9.17, 15) is 8.60 Å². The van der Waals surface area contributed by atoms with E-state index in [4.69, 9.17) is 4.74 Å². The van der Waals surface area contributed by atoms with Crippen molar-refractivity contribution in [2.24, 2.45) is 4.99 Å². The molecule has 148 valence electrons. The quantitative estimate of drug-likeness (QED) is 0.341. The first-order valence-corrected chi connectivity index (χ1v) is 9.66. The summed E-state index contributed by atoms with van der Waals surface area (Å²) in [5, 5.41) is 3.18. The van der Waals surface area contributed by atoms with Crippen molar-refractivity contribution in [3.8, 4) is 5.75 Å². The zero-order valence-electron chi connectivity index (χ0n) is 15.4. The number of likely N-dealkylation sites (N-methyl/N-ethyl adjacent to an activating group) is 1. The fourth-order valence-corrected chi connectivity index (χ4v) is 3.27. The molecular formula is C19H25FIN3O2S. The van der Waals surface area contributed by atoms with Crippen molar-refractivity contribution in [1.82, 2.24) is 10.2 Å². The number of ether oxygens (including phenoxy) is 1. The van der Waals surface area contributed by atoms with Crippen LogP contribution in [0.5, 0.6) is 5.75 Å². The van der Waals surface area contributed by atoms with Gasteiger partial charge in [-0.1, -0.05) is 30.3 Å². The third-order valence-electron chi connectivity index (χ3n) is 3.67. The third-order valence-corrected chi connectivity index (χ3v) is 5.04. The highest BCUT2D eigenvalue weighted by Gasteiger charge is 2.08. The van der Waals surface area contributed by atoms with Crippen LogP contribution in [-0.2, 0) is 10.8 Å². The summed E-state index contributed by atoms with van der Waals surface area (Å²) in [6, 6.07) is 15.7. The molecule has 1 atom stereocenters. The van der Waals surface area contributed by atoms with Crippen molar-refractivity contribution in [2.75, 3.05) is 39.5 Å². The lowest BCUT2D eigenvalue weighted by Crippen LogP contribution is -2.42. The van der Waals surface area contributed by atoms with E-state index in [-0.39, 0.29) is 35.5 Å². The van der Waals surface area contributed by atoms with Gasteiger partial charge in [-0.25, -0.2) is 4.39 Å². The second-order valence-corrected chi connectivity index (χ2v) is 7.11. The van der Waals surface area contributed by atoms with Crippen LogP contribution in [0.25, 0.3) is 0 Å². The molecule has 27 heavy (non-hydrogen) atoms. The van der Waals surface area contributed by atoms with Crippen LogP contribution in [0.4, 0.5) is 4.39 Å². The predicted molar refractivity (Wildman–Crippen MR) is 119 cm³/mol. The average Bonchev–Trinajstić information content (AvgIpc) is 2.67. The molecule has 2 aromatic rings. The highest BCUT2D eigenvalue weighted by molar-refractivity contribution is 14.0. The Kier molecular flexibility index (Phi) is 11.0. The summed E-state index contributed by atoms with van der Waals surface area (Å²) in [6.45, 7) is 1.40. The number of hydrogen-bond acceptors (Lipinski definition) is 3. The van der Waals surface area contributed by atoms with E-state index in [1.54, 1.807) is 25.2 Å². The van der Waals surface area contributed by atoms with Crippen molar-refractivity contribution >= 4 is 40.7 Å². The minimum Gasteiger partial charge on any atom is -0.489 e. The average molecular weight is 505 g/mol. The molecule has 0 heterocycles. The Morgan fingerprint density at radius 1 is 1.19 bits per heavy atom. The maximum Gasteiger partial charge on any atom is 0.193 e. The predicted octanol–water partition coefficient (Wildman–Crippen LogP) is 3.14. The van der Waals surface area contributed by atoms with Gasteiger partial charge in [-0.3, -0.25) is 9.20 Å². The number of halogens is 2. The fraction of sp³-hybridized carbons (Fsp3) is 0.316. The summed E-state index contributed by atoms with van der Waals surface area (Å²) in [5.41, 5.74) is 0. The van der Waals surface area contributed by atoms with E-state index >= 15 is 0 Å². The number of nitrogens with one attached hydrogen (secondary N) is 1. The first kappa shape index (κ1) is 23.4. The molecule has 0 radical (unpaired) electrons. The summed E-state index contributed by atoms with van der Waals surface area (Å²) in [7, 11) is 2.50. The first-order chi connectivity index (χ1) is 12.6. The SMILES string of the molecule is CN=C(NCCS(=O)c1ccccc1)N(C)CCOc1ccccc1F.I. The highest BCUT2D eigenvalue weighted by atomic mass is 127. The van der Waals surface area contributed by atoms with Crippen molar-refractivity contribution in [2.45, 2.75) is 4.90 Å². The molecule has 0 aliphatic rings. The highest BCUT2D eigenvalue weighted by Crippen LogP contribution is 2.14. The van der Waals surface area contributed by atoms with Crippen LogP contribution in [0.3, 0.4) is 0 Å². The standard InChI is InChI=1S/C19H24FN3O2S.HI/c1-21-19(22-12-15-26(24)16-8-4-3-5-9-16)23(2)13-14-25-18-11-7-6-10-17(18)20;/h3-11H,12-15H2,1-2H3,(H,21,22);1H. The Balaban J connectivity index is 0.00000364. The topological polar surface area (TPSA) is 53.9 Å². The van der Waals surface area contributed by atoms with Crippen molar-refractivity contribution in [3.05, 3.63) is 60.4 Å². The minimum atomic E-state index is -1.05. The molecule has 0 aliphatic carbocycles. The van der Waals surface area contributed by atoms with Gasteiger partial charge in [0.2, 0.25) is 0 Å². The summed E-state index contributed by atoms with van der Waals surface area (Å²) >= 11 is 0. The summed E-state index contributed by atoms with van der Waals surface area (Å²) < 4.78 is 31.2. The number of benzene rings is 2. The Morgan fingerprint density at radius 3 is 2.52 bits per heavy atom. The van der Waals surface area contributed by atoms with Crippen LogP contribution in [0.15, 0.2) is 64.5 Å². The normalized spacial score (nSPS) is 12.0. The molecule has 8 heteroatoms. The van der Waals surface area contributed by atoms with Crippen LogP contribution in [-0.4, -0.2) is 54.6 Å². The first-order valence-electron chi connectivity index (χ1n) is 8.34. The Labute approximate surface area is 179 Å². The second-order valence-electron chi connectivity index (χ2n) is 5.54. The molecular weight excluding hydrogens is 480 g/mol. The van der Waals surface area contributed by atoms with Crippen LogP contribution in [0.2, 0.25) is 0 Å². The number of aliphatic imine (C=N–C) groups is 1. The van der Waals surface area contributed by atoms with E-state index < -0.39 is 10.8 Å². The maximum absolute atomic E-state index is 13.5. The zero-order valence-corrected chi connectivity index (χ0v) is 18.6. The second kappa shape index (κ2) is 12.7. The number of nitrogens with zero attached hydrogens (tertiary/aromatic N) is 2. The lowest BCUT2D eigenvalue weighted by atomic mass is 10.3. The van der Waals surface area contributed by atoms with Crippen LogP contribution >= 0.6 is 24.0 Å². The molecule has 0 amide bonds. The molecule has 0 saturated carbocycles. The third kappa shape index (κ3) is 7.84. The van der Waals surface area contributed by atoms with Gasteiger partial charge in [0.25, 0.3) is 0 Å². The molecule has 1 unspecified atom stereocenters. The van der Waals surface area contributed by atoms with E-state index in [2.05, 4.69) is 10.3 Å². The molecule has 0 fully saturated rings. The number of guanidine groups is 1. The van der Waals surface area contributed by atoms with Gasteiger partial charge in [-0.05, 0) is 24.3 Å². The molecule has 0 saturated heterocycles. The summed E-state index contributed by atoms with van der Waals surface area (Å²) in [5.74, 6) is 1.03. The molecule has 2 aromatic carbocycles. The summed E-state index contributed by atoms with van der Waals surface area (Å²) in [4.78, 5) is 6.90. The van der Waals surface area contributed by atoms with E-state index in [0.29, 0.717) is 31.4 Å². The Morgan fingerprint density at radius 2 is 1.85 bits per heavy atom. The lowest BCUT2D eigenvalue weighted by molar-refractivity contribution is 0.270. The summed E-state index contributed by atoms with van der Waals surface area (Å²) in [6.07, 6.45) is 0. The number of rotatable bonds is 8. The monoisotopic (exact) mass is 505 g/mol. The Hall–Kier alpha value is -1.68. The van der Waals surface area contributed by atoms with Crippen molar-refractivity contribution in [3.63, 3.8) is 0 Å². The largest absolute Gasteiger partial charge is 0.489 e. The molecule has 1 N–H and O–H groups in total. The van der Waals surface area contributed by atoms with Gasteiger partial charge in [-0.2, -0.15) is 0 Å². The van der Waals surface area contributed by atoms with E-state index in [1.165, 1.54) is 6.07 Å². The smallest absolute Gasteiger partial charge is 0.193 e. The van der Waals surface area contributed by atoms with Gasteiger partial charge < -0.3 is 15.0 Å². The molecule has 0 bridgehead atoms. The Bertz CT molecular complexity index is 747. The van der Waals surface area contributed by atoms with Crippen LogP contribution < -0.4 is 10.1 Å². The van der Waals surface area contributed by atoms with Crippen LogP contribution in [0, 0.1) is 5.82 Å². The molecule has 0 spiro atoms. The van der Waals surface area contributed by atoms with E-state index in [0.717, 1.165) is 4.90 Å². The van der Waals surface area contributed by atoms with Crippen LogP contribution in [0.1, 0.15) is 0 Å². The fourth-order valence-electron chi connectivity index (χ4n) is 2.29. The minimum absolute atomic E-state index is 0. The molecule has 5 nitrogen and oxygen atoms in total. The van der Waals surface area contributed by atoms with Gasteiger partial charge in [-0.15, -0.1) is 24.0 Å². The van der Waals surface area contributed by atoms with Gasteiger partial charge in [0.05, 0.1) is 17.3 Å². The van der Waals surface area contributed by atoms with Crippen molar-refractivity contribution in [1.29, 1.82) is 0 Å². The van der Waals surface area contributed by atoms with E-state index in [1.807, 2.05) is 42.3 Å². The van der Waals surface area contributed by atoms with Gasteiger partial charge in [0.1, 0.15) is 6.61 Å². The number of para-hydroxylation sites is 1. The van der Waals surface area contributed by atoms with Gasteiger partial charge in [0.15, 0.2) is 17.5 Å². The zero-order chi connectivity index (χ0) is 18.8. The molecule has 2 rings (SSSR count). The molecule has 0 aliphatic heterocycles. The lowest BCUT2D eigenvalue weighted by Gasteiger charge is -2.22. The van der Waals surface area contributed by atoms with Gasteiger partial charge >= 0.3 is 0 Å².